The predicted molar refractivity (Wildman–Crippen MR) is 46.8 cm³/mol. The van der Waals surface area contributed by atoms with Crippen LogP contribution < -0.4 is 17.0 Å². The van der Waals surface area contributed by atoms with Gasteiger partial charge in [-0.25, -0.2) is 15.0 Å². The van der Waals surface area contributed by atoms with Crippen LogP contribution in [-0.2, 0) is 0 Å². The maximum atomic E-state index is 11.0. The lowest BCUT2D eigenvalue weighted by Crippen LogP contribution is -2.15. The van der Waals surface area contributed by atoms with Crippen LogP contribution in [0.5, 0.6) is 0 Å². The predicted octanol–water partition coefficient (Wildman–Crippen LogP) is -1.12. The summed E-state index contributed by atoms with van der Waals surface area (Å²) in [6, 6.07) is 0. The molecule has 0 spiro atoms. The molecule has 0 radical (unpaired) electrons. The van der Waals surface area contributed by atoms with Gasteiger partial charge < -0.3 is 16.5 Å². The average Bonchev–Trinajstić information content (AvgIpc) is 2.09. The number of nitrogens with one attached hydrogen (secondary N) is 1. The highest BCUT2D eigenvalue weighted by atomic mass is 16.1. The molecule has 2 aromatic rings. The summed E-state index contributed by atoms with van der Waals surface area (Å²) >= 11 is 0. The third-order valence-electron chi connectivity index (χ3n) is 1.55. The summed E-state index contributed by atoms with van der Waals surface area (Å²) < 4.78 is 0. The molecule has 0 amide bonds. The highest BCUT2D eigenvalue weighted by molar-refractivity contribution is 5.81. The third-order valence-corrected chi connectivity index (χ3v) is 1.55. The Labute approximate surface area is 71.8 Å². The summed E-state index contributed by atoms with van der Waals surface area (Å²) in [6.45, 7) is 0. The lowest BCUT2D eigenvalue weighted by molar-refractivity contribution is 1.13. The zero-order valence-electron chi connectivity index (χ0n) is 6.48. The molecule has 0 atom stereocenters. The molecule has 66 valence electrons. The average molecular weight is 178 g/mol. The highest BCUT2D eigenvalue weighted by Crippen LogP contribution is 2.09. The SMILES string of the molecule is Nc1nc2c(N)ncnc2[nH]c1=O. The molecule has 7 nitrogen and oxygen atoms in total. The summed E-state index contributed by atoms with van der Waals surface area (Å²) in [5.41, 5.74) is 10.9. The van der Waals surface area contributed by atoms with Gasteiger partial charge in [0.25, 0.3) is 5.56 Å². The van der Waals surface area contributed by atoms with Crippen LogP contribution >= 0.6 is 0 Å². The number of H-pyrrole nitrogens is 1. The maximum absolute atomic E-state index is 11.0. The monoisotopic (exact) mass is 178 g/mol. The van der Waals surface area contributed by atoms with Crippen molar-refractivity contribution in [3.63, 3.8) is 0 Å². The van der Waals surface area contributed by atoms with E-state index >= 15 is 0 Å². The summed E-state index contributed by atoms with van der Waals surface area (Å²) in [5.74, 6) is 0.0435. The van der Waals surface area contributed by atoms with Crippen LogP contribution in [0, 0.1) is 0 Å². The van der Waals surface area contributed by atoms with Gasteiger partial charge in [0.05, 0.1) is 0 Å². The van der Waals surface area contributed by atoms with Gasteiger partial charge in [-0.3, -0.25) is 4.79 Å². The van der Waals surface area contributed by atoms with E-state index in [0.29, 0.717) is 5.52 Å². The Morgan fingerprint density at radius 3 is 2.77 bits per heavy atom. The zero-order valence-corrected chi connectivity index (χ0v) is 6.48. The van der Waals surface area contributed by atoms with Crippen LogP contribution in [0.3, 0.4) is 0 Å². The maximum Gasteiger partial charge on any atom is 0.292 e. The molecule has 13 heavy (non-hydrogen) atoms. The van der Waals surface area contributed by atoms with E-state index in [1.54, 1.807) is 0 Å². The Bertz CT molecular complexity index is 518. The van der Waals surface area contributed by atoms with E-state index in [4.69, 9.17) is 11.5 Å². The fraction of sp³-hybridized carbons (Fsp3) is 0. The number of hydrogen-bond donors (Lipinski definition) is 3. The molecule has 0 fully saturated rings. The quantitative estimate of drug-likeness (QED) is 0.469. The van der Waals surface area contributed by atoms with Gasteiger partial charge in [-0.1, -0.05) is 0 Å². The second kappa shape index (κ2) is 2.41. The van der Waals surface area contributed by atoms with Crippen LogP contribution in [0.1, 0.15) is 0 Å². The topological polar surface area (TPSA) is 124 Å². The van der Waals surface area contributed by atoms with E-state index in [0.717, 1.165) is 0 Å². The van der Waals surface area contributed by atoms with E-state index in [1.165, 1.54) is 6.33 Å². The molecule has 0 bridgehead atoms. The fourth-order valence-electron chi connectivity index (χ4n) is 0.937. The van der Waals surface area contributed by atoms with E-state index in [9.17, 15) is 4.79 Å². The van der Waals surface area contributed by atoms with Crippen molar-refractivity contribution in [2.24, 2.45) is 0 Å². The number of hydrogen-bond acceptors (Lipinski definition) is 6. The molecular formula is C6H6N6O. The van der Waals surface area contributed by atoms with Gasteiger partial charge in [-0.15, -0.1) is 0 Å². The number of nitrogens with two attached hydrogens (primary N) is 2. The molecule has 0 aromatic carbocycles. The molecule has 0 saturated carbocycles. The van der Waals surface area contributed by atoms with E-state index in [1.807, 2.05) is 0 Å². The minimum Gasteiger partial charge on any atom is -0.382 e. The molecule has 2 heterocycles. The molecule has 0 aliphatic carbocycles. The molecule has 0 saturated heterocycles. The first-order valence-electron chi connectivity index (χ1n) is 3.44. The van der Waals surface area contributed by atoms with Gasteiger partial charge in [0.15, 0.2) is 22.8 Å². The highest BCUT2D eigenvalue weighted by Gasteiger charge is 2.04. The van der Waals surface area contributed by atoms with Crippen LogP contribution in [0.4, 0.5) is 11.6 Å². The number of rotatable bonds is 0. The van der Waals surface area contributed by atoms with Crippen molar-refractivity contribution in [2.75, 3.05) is 11.5 Å². The van der Waals surface area contributed by atoms with Crippen LogP contribution in [0.25, 0.3) is 11.2 Å². The van der Waals surface area contributed by atoms with Crippen molar-refractivity contribution in [2.45, 2.75) is 0 Å². The second-order valence-corrected chi connectivity index (χ2v) is 2.41. The van der Waals surface area contributed by atoms with Crippen molar-refractivity contribution in [3.8, 4) is 0 Å². The van der Waals surface area contributed by atoms with E-state index in [2.05, 4.69) is 19.9 Å². The lowest BCUT2D eigenvalue weighted by Gasteiger charge is -1.98. The molecule has 0 aliphatic heterocycles. The summed E-state index contributed by atoms with van der Waals surface area (Å²) in [6.07, 6.45) is 1.24. The number of aromatic nitrogens is 4. The Balaban J connectivity index is 2.97. The first kappa shape index (κ1) is 7.47. The van der Waals surface area contributed by atoms with Crippen LogP contribution in [-0.4, -0.2) is 19.9 Å². The molecule has 0 aliphatic rings. The molecule has 7 heteroatoms. The molecule has 0 unspecified atom stereocenters. The normalized spacial score (nSPS) is 10.5. The smallest absolute Gasteiger partial charge is 0.292 e. The van der Waals surface area contributed by atoms with Crippen LogP contribution in [0.2, 0.25) is 0 Å². The van der Waals surface area contributed by atoms with Crippen molar-refractivity contribution in [1.82, 2.24) is 19.9 Å². The Morgan fingerprint density at radius 2 is 2.00 bits per heavy atom. The number of aromatic amines is 1. The first-order chi connectivity index (χ1) is 6.18. The van der Waals surface area contributed by atoms with E-state index in [-0.39, 0.29) is 17.3 Å². The second-order valence-electron chi connectivity index (χ2n) is 2.41. The Morgan fingerprint density at radius 1 is 1.23 bits per heavy atom. The van der Waals surface area contributed by atoms with Crippen molar-refractivity contribution in [1.29, 1.82) is 0 Å². The summed E-state index contributed by atoms with van der Waals surface area (Å²) in [7, 11) is 0. The van der Waals surface area contributed by atoms with Gasteiger partial charge in [0.1, 0.15) is 6.33 Å². The molecular weight excluding hydrogens is 172 g/mol. The number of anilines is 2. The van der Waals surface area contributed by atoms with Gasteiger partial charge in [-0.2, -0.15) is 0 Å². The van der Waals surface area contributed by atoms with Crippen molar-refractivity contribution in [3.05, 3.63) is 16.7 Å². The van der Waals surface area contributed by atoms with Gasteiger partial charge in [0.2, 0.25) is 0 Å². The zero-order chi connectivity index (χ0) is 9.42. The number of fused-ring (bicyclic) bond motifs is 1. The molecule has 2 rings (SSSR count). The fourth-order valence-corrected chi connectivity index (χ4v) is 0.937. The molecule has 2 aromatic heterocycles. The third kappa shape index (κ3) is 1.06. The van der Waals surface area contributed by atoms with Crippen molar-refractivity contribution >= 4 is 22.8 Å². The minimum atomic E-state index is -0.481. The largest absolute Gasteiger partial charge is 0.382 e. The summed E-state index contributed by atoms with van der Waals surface area (Å²) in [4.78, 5) is 24.7. The minimum absolute atomic E-state index is 0.144. The van der Waals surface area contributed by atoms with Crippen LogP contribution in [0.15, 0.2) is 11.1 Å². The van der Waals surface area contributed by atoms with Crippen molar-refractivity contribution < 1.29 is 0 Å². The van der Waals surface area contributed by atoms with Gasteiger partial charge in [-0.05, 0) is 0 Å². The van der Waals surface area contributed by atoms with Gasteiger partial charge >= 0.3 is 0 Å². The lowest BCUT2D eigenvalue weighted by atomic mass is 10.4. The molecule has 5 N–H and O–H groups in total. The van der Waals surface area contributed by atoms with Gasteiger partial charge in [0, 0.05) is 0 Å². The Hall–Kier alpha value is -2.18. The number of nitrogen functional groups attached to an aromatic ring is 2. The van der Waals surface area contributed by atoms with E-state index < -0.39 is 5.56 Å². The first-order valence-corrected chi connectivity index (χ1v) is 3.44. The Kier molecular flexibility index (Phi) is 1.38. The standard InChI is InChI=1S/C6H6N6O/c7-3-2-5(10-1-9-3)12-6(13)4(8)11-2/h1H,(H2,8,11)(H3,7,9,10,12,13). The summed E-state index contributed by atoms with van der Waals surface area (Å²) in [5, 5.41) is 0. The number of nitrogens with zero attached hydrogens (tertiary/aromatic N) is 3.